The van der Waals surface area contributed by atoms with Gasteiger partial charge in [0.2, 0.25) is 0 Å². The number of fused-ring (bicyclic) bond motifs is 2. The van der Waals surface area contributed by atoms with E-state index in [0.717, 1.165) is 22.2 Å². The van der Waals surface area contributed by atoms with Gasteiger partial charge in [0.05, 0.1) is 11.4 Å². The monoisotopic (exact) mass is 283 g/mol. The minimum Gasteiger partial charge on any atom is -0.383 e. The van der Waals surface area contributed by atoms with E-state index in [1.807, 2.05) is 6.92 Å². The van der Waals surface area contributed by atoms with Gasteiger partial charge in [0, 0.05) is 5.38 Å². The van der Waals surface area contributed by atoms with Crippen molar-refractivity contribution in [3.8, 4) is 11.3 Å². The minimum atomic E-state index is 0.758. The van der Waals surface area contributed by atoms with Gasteiger partial charge in [-0.05, 0) is 55.4 Å². The molecule has 20 heavy (non-hydrogen) atoms. The summed E-state index contributed by atoms with van der Waals surface area (Å²) < 4.78 is 2.07. The number of nitrogen functional groups attached to an aromatic ring is 1. The van der Waals surface area contributed by atoms with Crippen molar-refractivity contribution in [1.82, 2.24) is 9.38 Å². The van der Waals surface area contributed by atoms with Crippen molar-refractivity contribution in [2.45, 2.75) is 32.6 Å². The number of nitrogens with zero attached hydrogens (tertiary/aromatic N) is 2. The molecule has 3 aromatic rings. The Labute approximate surface area is 122 Å². The summed E-state index contributed by atoms with van der Waals surface area (Å²) >= 11 is 1.65. The van der Waals surface area contributed by atoms with Crippen molar-refractivity contribution < 1.29 is 0 Å². The molecule has 0 aliphatic heterocycles. The van der Waals surface area contributed by atoms with Crippen LogP contribution >= 0.6 is 11.3 Å². The molecule has 2 N–H and O–H groups in total. The van der Waals surface area contributed by atoms with Crippen LogP contribution in [-0.2, 0) is 12.8 Å². The Balaban J connectivity index is 1.90. The number of benzene rings is 1. The van der Waals surface area contributed by atoms with E-state index >= 15 is 0 Å². The average Bonchev–Trinajstić information content (AvgIpc) is 3.00. The van der Waals surface area contributed by atoms with Crippen LogP contribution in [0.5, 0.6) is 0 Å². The summed E-state index contributed by atoms with van der Waals surface area (Å²) in [6.07, 6.45) is 5.06. The lowest BCUT2D eigenvalue weighted by molar-refractivity contribution is 0.686. The molecular weight excluding hydrogens is 266 g/mol. The maximum atomic E-state index is 6.17. The maximum Gasteiger partial charge on any atom is 0.196 e. The lowest BCUT2D eigenvalue weighted by Crippen LogP contribution is -2.03. The van der Waals surface area contributed by atoms with E-state index in [1.54, 1.807) is 11.3 Å². The average molecular weight is 283 g/mol. The van der Waals surface area contributed by atoms with Crippen molar-refractivity contribution in [1.29, 1.82) is 0 Å². The number of rotatable bonds is 1. The van der Waals surface area contributed by atoms with Gasteiger partial charge in [0.25, 0.3) is 0 Å². The first-order valence-corrected chi connectivity index (χ1v) is 7.96. The zero-order valence-electron chi connectivity index (χ0n) is 11.5. The molecule has 2 aromatic heterocycles. The van der Waals surface area contributed by atoms with Gasteiger partial charge in [0.15, 0.2) is 4.96 Å². The van der Waals surface area contributed by atoms with E-state index in [0.29, 0.717) is 0 Å². The summed E-state index contributed by atoms with van der Waals surface area (Å²) in [6, 6.07) is 6.85. The van der Waals surface area contributed by atoms with Gasteiger partial charge in [-0.25, -0.2) is 4.98 Å². The summed E-state index contributed by atoms with van der Waals surface area (Å²) in [4.78, 5) is 5.48. The Hall–Kier alpha value is -1.81. The molecular formula is C16H17N3S. The van der Waals surface area contributed by atoms with E-state index in [9.17, 15) is 0 Å². The van der Waals surface area contributed by atoms with E-state index in [1.165, 1.54) is 42.4 Å². The van der Waals surface area contributed by atoms with Crippen LogP contribution in [0.25, 0.3) is 16.2 Å². The maximum absolute atomic E-state index is 6.17. The summed E-state index contributed by atoms with van der Waals surface area (Å²) in [7, 11) is 0. The molecule has 0 atom stereocenters. The minimum absolute atomic E-state index is 0.758. The van der Waals surface area contributed by atoms with E-state index < -0.39 is 0 Å². The van der Waals surface area contributed by atoms with Crippen molar-refractivity contribution in [2.75, 3.05) is 5.73 Å². The van der Waals surface area contributed by atoms with Crippen LogP contribution < -0.4 is 5.73 Å². The zero-order chi connectivity index (χ0) is 13.7. The highest BCUT2D eigenvalue weighted by molar-refractivity contribution is 7.15. The molecule has 2 heterocycles. The second-order valence-corrected chi connectivity index (χ2v) is 6.35. The normalized spacial score (nSPS) is 14.7. The van der Waals surface area contributed by atoms with Crippen LogP contribution in [0.3, 0.4) is 0 Å². The van der Waals surface area contributed by atoms with Gasteiger partial charge >= 0.3 is 0 Å². The third-order valence-corrected chi connectivity index (χ3v) is 5.05. The topological polar surface area (TPSA) is 43.3 Å². The second-order valence-electron chi connectivity index (χ2n) is 5.51. The number of hydrogen-bond donors (Lipinski definition) is 1. The molecule has 0 spiro atoms. The van der Waals surface area contributed by atoms with Gasteiger partial charge < -0.3 is 5.73 Å². The molecule has 0 saturated heterocycles. The number of nitrogens with two attached hydrogens (primary N) is 1. The quantitative estimate of drug-likeness (QED) is 0.737. The van der Waals surface area contributed by atoms with Crippen LogP contribution in [0.2, 0.25) is 0 Å². The van der Waals surface area contributed by atoms with Crippen molar-refractivity contribution >= 4 is 22.1 Å². The molecule has 0 radical (unpaired) electrons. The van der Waals surface area contributed by atoms with Gasteiger partial charge in [-0.15, -0.1) is 11.3 Å². The van der Waals surface area contributed by atoms with Crippen LogP contribution in [0.15, 0.2) is 23.6 Å². The second kappa shape index (κ2) is 4.35. The number of thiazole rings is 1. The Bertz CT molecular complexity index is 798. The SMILES string of the molecule is Cc1nc2scc(-c3ccc4c(c3)CCCC4)n2c1N. The van der Waals surface area contributed by atoms with E-state index in [-0.39, 0.29) is 0 Å². The third-order valence-electron chi connectivity index (χ3n) is 4.23. The fourth-order valence-electron chi connectivity index (χ4n) is 3.08. The number of imidazole rings is 1. The number of aryl methyl sites for hydroxylation is 3. The molecule has 102 valence electrons. The molecule has 0 saturated carbocycles. The largest absolute Gasteiger partial charge is 0.383 e. The molecule has 4 heteroatoms. The van der Waals surface area contributed by atoms with Crippen LogP contribution in [0, 0.1) is 6.92 Å². The number of hydrogen-bond acceptors (Lipinski definition) is 3. The molecule has 1 aliphatic carbocycles. The molecule has 1 aliphatic rings. The highest BCUT2D eigenvalue weighted by Gasteiger charge is 2.15. The van der Waals surface area contributed by atoms with Crippen molar-refractivity contribution in [3.05, 3.63) is 40.4 Å². The fraction of sp³-hybridized carbons (Fsp3) is 0.312. The number of anilines is 1. The van der Waals surface area contributed by atoms with Crippen molar-refractivity contribution in [3.63, 3.8) is 0 Å². The lowest BCUT2D eigenvalue weighted by atomic mass is 9.90. The van der Waals surface area contributed by atoms with Crippen LogP contribution in [-0.4, -0.2) is 9.38 Å². The van der Waals surface area contributed by atoms with Gasteiger partial charge in [0.1, 0.15) is 5.82 Å². The predicted molar refractivity (Wildman–Crippen MR) is 84.3 cm³/mol. The Morgan fingerprint density at radius 1 is 1.20 bits per heavy atom. The Morgan fingerprint density at radius 3 is 2.85 bits per heavy atom. The van der Waals surface area contributed by atoms with Gasteiger partial charge in [-0.3, -0.25) is 4.40 Å². The summed E-state index contributed by atoms with van der Waals surface area (Å²) in [5.74, 6) is 0.758. The first-order valence-electron chi connectivity index (χ1n) is 7.08. The summed E-state index contributed by atoms with van der Waals surface area (Å²) in [5.41, 5.74) is 12.5. The summed E-state index contributed by atoms with van der Waals surface area (Å²) in [5, 5.41) is 2.16. The standard InChI is InChI=1S/C16H17N3S/c1-10-15(17)19-14(9-20-16(19)18-10)13-7-6-11-4-2-3-5-12(11)8-13/h6-9H,2-5,17H2,1H3. The fourth-order valence-corrected chi connectivity index (χ4v) is 4.03. The van der Waals surface area contributed by atoms with Gasteiger partial charge in [-0.2, -0.15) is 0 Å². The predicted octanol–water partition coefficient (Wildman–Crippen LogP) is 3.83. The molecule has 0 bridgehead atoms. The van der Waals surface area contributed by atoms with Crippen LogP contribution in [0.4, 0.5) is 5.82 Å². The number of aromatic nitrogens is 2. The highest BCUT2D eigenvalue weighted by atomic mass is 32.1. The molecule has 0 amide bonds. The summed E-state index contributed by atoms with van der Waals surface area (Å²) in [6.45, 7) is 1.96. The highest BCUT2D eigenvalue weighted by Crippen LogP contribution is 2.32. The first kappa shape index (κ1) is 12.0. The molecule has 4 rings (SSSR count). The molecule has 1 aromatic carbocycles. The Kier molecular flexibility index (Phi) is 2.60. The lowest BCUT2D eigenvalue weighted by Gasteiger charge is -2.16. The third kappa shape index (κ3) is 1.68. The Morgan fingerprint density at radius 2 is 2.00 bits per heavy atom. The molecule has 0 unspecified atom stereocenters. The van der Waals surface area contributed by atoms with Crippen molar-refractivity contribution in [2.24, 2.45) is 0 Å². The van der Waals surface area contributed by atoms with Crippen LogP contribution in [0.1, 0.15) is 29.7 Å². The van der Waals surface area contributed by atoms with E-state index in [2.05, 4.69) is 33.0 Å². The first-order chi connectivity index (χ1) is 9.74. The van der Waals surface area contributed by atoms with Gasteiger partial charge in [-0.1, -0.05) is 12.1 Å². The smallest absolute Gasteiger partial charge is 0.196 e. The van der Waals surface area contributed by atoms with E-state index in [4.69, 9.17) is 5.73 Å². The molecule has 3 nitrogen and oxygen atoms in total. The zero-order valence-corrected chi connectivity index (χ0v) is 12.3. The molecule has 0 fully saturated rings.